The fourth-order valence-corrected chi connectivity index (χ4v) is 4.08. The summed E-state index contributed by atoms with van der Waals surface area (Å²) in [6.45, 7) is 1.88. The Bertz CT molecular complexity index is 1350. The maximum atomic E-state index is 13.3. The van der Waals surface area contributed by atoms with Gasteiger partial charge in [-0.25, -0.2) is 4.79 Å². The molecule has 5 rings (SSSR count). The number of amides is 1. The fourth-order valence-electron chi connectivity index (χ4n) is 4.08. The summed E-state index contributed by atoms with van der Waals surface area (Å²) in [5.41, 5.74) is 5.61. The number of benzene rings is 2. The van der Waals surface area contributed by atoms with Crippen LogP contribution >= 0.6 is 0 Å². The average Bonchev–Trinajstić information content (AvgIpc) is 2.95. The number of aryl methyl sites for hydroxylation is 1. The fraction of sp³-hybridized carbons (Fsp3) is 0.0952. The molecule has 1 unspecified atom stereocenters. The summed E-state index contributed by atoms with van der Waals surface area (Å²) in [6, 6.07) is 14.1. The van der Waals surface area contributed by atoms with Crippen molar-refractivity contribution in [1.82, 2.24) is 0 Å². The molecule has 0 radical (unpaired) electrons. The van der Waals surface area contributed by atoms with Gasteiger partial charge in [-0.1, -0.05) is 29.8 Å². The number of hydrogen-bond donors (Lipinski definition) is 2. The third-order valence-corrected chi connectivity index (χ3v) is 5.25. The Labute approximate surface area is 158 Å². The molecule has 28 heavy (non-hydrogen) atoms. The van der Waals surface area contributed by atoms with Crippen LogP contribution in [-0.2, 0) is 10.2 Å². The number of carbonyl (C=O) groups is 1. The van der Waals surface area contributed by atoms with Crippen molar-refractivity contribution in [2.45, 2.75) is 12.3 Å². The summed E-state index contributed by atoms with van der Waals surface area (Å²) < 4.78 is 11.2. The zero-order valence-corrected chi connectivity index (χ0v) is 14.7. The van der Waals surface area contributed by atoms with E-state index < -0.39 is 16.9 Å². The number of nitriles is 1. The number of rotatable bonds is 0. The summed E-state index contributed by atoms with van der Waals surface area (Å²) in [5.74, 6) is -0.620. The highest BCUT2D eigenvalue weighted by Crippen LogP contribution is 2.53. The molecule has 2 aliphatic rings. The molecule has 3 heterocycles. The van der Waals surface area contributed by atoms with Gasteiger partial charge in [0.2, 0.25) is 11.8 Å². The van der Waals surface area contributed by atoms with Crippen molar-refractivity contribution in [1.29, 1.82) is 5.26 Å². The van der Waals surface area contributed by atoms with Crippen molar-refractivity contribution in [3.8, 4) is 11.8 Å². The third-order valence-electron chi connectivity index (χ3n) is 5.25. The molecular weight excluding hydrogens is 358 g/mol. The number of anilines is 1. The molecule has 3 aromatic rings. The largest absolute Gasteiger partial charge is 0.439 e. The van der Waals surface area contributed by atoms with Crippen LogP contribution in [0, 0.1) is 18.3 Å². The molecule has 7 heteroatoms. The zero-order chi connectivity index (χ0) is 19.6. The number of fused-ring (bicyclic) bond motifs is 6. The molecule has 2 aromatic carbocycles. The quantitative estimate of drug-likeness (QED) is 0.586. The summed E-state index contributed by atoms with van der Waals surface area (Å²) in [5, 5.41) is 13.1. The van der Waals surface area contributed by atoms with Crippen LogP contribution in [0.5, 0.6) is 5.75 Å². The number of ether oxygens (including phenoxy) is 1. The molecule has 1 atom stereocenters. The van der Waals surface area contributed by atoms with Crippen LogP contribution in [0.2, 0.25) is 0 Å². The molecule has 136 valence electrons. The van der Waals surface area contributed by atoms with Crippen molar-refractivity contribution < 1.29 is 13.9 Å². The van der Waals surface area contributed by atoms with Crippen LogP contribution in [0.3, 0.4) is 0 Å². The summed E-state index contributed by atoms with van der Waals surface area (Å²) in [4.78, 5) is 26.3. The van der Waals surface area contributed by atoms with E-state index in [-0.39, 0.29) is 22.8 Å². The van der Waals surface area contributed by atoms with E-state index in [1.807, 2.05) is 13.0 Å². The molecule has 1 amide bonds. The second kappa shape index (κ2) is 5.24. The summed E-state index contributed by atoms with van der Waals surface area (Å²) in [6.07, 6.45) is 0. The number of hydrogen-bond acceptors (Lipinski definition) is 6. The monoisotopic (exact) mass is 371 g/mol. The maximum absolute atomic E-state index is 13.3. The molecule has 3 N–H and O–H groups in total. The molecule has 0 fully saturated rings. The van der Waals surface area contributed by atoms with E-state index in [4.69, 9.17) is 14.9 Å². The van der Waals surface area contributed by atoms with Crippen LogP contribution in [-0.4, -0.2) is 5.91 Å². The van der Waals surface area contributed by atoms with Crippen molar-refractivity contribution >= 4 is 22.6 Å². The van der Waals surface area contributed by atoms with Gasteiger partial charge in [0.15, 0.2) is 11.2 Å². The number of para-hydroxylation sites is 1. The Hall–Kier alpha value is -4.05. The van der Waals surface area contributed by atoms with Crippen molar-refractivity contribution in [2.75, 3.05) is 5.32 Å². The molecule has 0 saturated carbocycles. The predicted molar refractivity (Wildman–Crippen MR) is 101 cm³/mol. The van der Waals surface area contributed by atoms with Crippen molar-refractivity contribution in [2.24, 2.45) is 5.73 Å². The minimum Gasteiger partial charge on any atom is -0.439 e. The average molecular weight is 371 g/mol. The van der Waals surface area contributed by atoms with Gasteiger partial charge < -0.3 is 20.2 Å². The van der Waals surface area contributed by atoms with Gasteiger partial charge in [-0.3, -0.25) is 4.79 Å². The molecular formula is C21H13N3O4. The summed E-state index contributed by atoms with van der Waals surface area (Å²) in [7, 11) is 0. The lowest BCUT2D eigenvalue weighted by molar-refractivity contribution is -0.118. The third kappa shape index (κ3) is 1.76. The van der Waals surface area contributed by atoms with Crippen LogP contribution in [0.15, 0.2) is 63.1 Å². The SMILES string of the molecule is Cc1ccc2oc(=O)c3c(c2c1)OC(N)=C(C#N)C31C(=O)Nc2ccccc21. The lowest BCUT2D eigenvalue weighted by Crippen LogP contribution is -2.45. The van der Waals surface area contributed by atoms with E-state index in [1.165, 1.54) is 0 Å². The van der Waals surface area contributed by atoms with Crippen molar-refractivity contribution in [3.63, 3.8) is 0 Å². The van der Waals surface area contributed by atoms with Gasteiger partial charge in [-0.05, 0) is 25.1 Å². The lowest BCUT2D eigenvalue weighted by Gasteiger charge is -2.32. The molecule has 1 aromatic heterocycles. The molecule has 0 aliphatic carbocycles. The Morgan fingerprint density at radius 1 is 1.18 bits per heavy atom. The minimum atomic E-state index is -1.72. The first kappa shape index (κ1) is 16.1. The number of nitrogens with two attached hydrogens (primary N) is 1. The topological polar surface area (TPSA) is 118 Å². The highest BCUT2D eigenvalue weighted by atomic mass is 16.5. The van der Waals surface area contributed by atoms with Gasteiger partial charge in [0.05, 0.1) is 5.39 Å². The lowest BCUT2D eigenvalue weighted by atomic mass is 9.69. The normalized spacial score (nSPS) is 19.8. The van der Waals surface area contributed by atoms with Gasteiger partial charge in [0, 0.05) is 11.3 Å². The maximum Gasteiger partial charge on any atom is 0.345 e. The van der Waals surface area contributed by atoms with Gasteiger partial charge in [-0.2, -0.15) is 5.26 Å². The standard InChI is InChI=1S/C21H13N3O4/c1-10-6-7-15-11(8-10)17-16(19(25)27-15)21(13(9-22)18(23)28-17)12-4-2-3-5-14(12)24-20(21)26/h2-8H,23H2,1H3,(H,24,26). The first-order chi connectivity index (χ1) is 13.5. The van der Waals surface area contributed by atoms with E-state index in [0.29, 0.717) is 22.2 Å². The van der Waals surface area contributed by atoms with E-state index in [0.717, 1.165) is 5.56 Å². The molecule has 0 saturated heterocycles. The first-order valence-corrected chi connectivity index (χ1v) is 8.55. The van der Waals surface area contributed by atoms with E-state index in [2.05, 4.69) is 5.32 Å². The van der Waals surface area contributed by atoms with Gasteiger partial charge >= 0.3 is 5.63 Å². The first-order valence-electron chi connectivity index (χ1n) is 8.55. The summed E-state index contributed by atoms with van der Waals surface area (Å²) >= 11 is 0. The van der Waals surface area contributed by atoms with E-state index >= 15 is 0 Å². The van der Waals surface area contributed by atoms with Gasteiger partial charge in [0.25, 0.3) is 0 Å². The van der Waals surface area contributed by atoms with Crippen molar-refractivity contribution in [3.05, 3.63) is 81.0 Å². The van der Waals surface area contributed by atoms with Crippen LogP contribution < -0.4 is 21.4 Å². The van der Waals surface area contributed by atoms with Crippen LogP contribution in [0.1, 0.15) is 16.7 Å². The van der Waals surface area contributed by atoms with E-state index in [9.17, 15) is 14.9 Å². The number of nitrogens with zero attached hydrogens (tertiary/aromatic N) is 1. The molecule has 0 bridgehead atoms. The highest BCUT2D eigenvalue weighted by molar-refractivity contribution is 6.13. The highest BCUT2D eigenvalue weighted by Gasteiger charge is 2.58. The van der Waals surface area contributed by atoms with Crippen LogP contribution in [0.4, 0.5) is 5.69 Å². The molecule has 1 spiro atoms. The van der Waals surface area contributed by atoms with Gasteiger partial charge in [0.1, 0.15) is 22.8 Å². The molecule has 2 aliphatic heterocycles. The number of nitrogens with one attached hydrogen (secondary N) is 1. The van der Waals surface area contributed by atoms with E-state index in [1.54, 1.807) is 42.5 Å². The second-order valence-electron chi connectivity index (χ2n) is 6.80. The second-order valence-corrected chi connectivity index (χ2v) is 6.80. The Kier molecular flexibility index (Phi) is 3.02. The number of carbonyl (C=O) groups excluding carboxylic acids is 1. The smallest absolute Gasteiger partial charge is 0.345 e. The Balaban J connectivity index is 2.02. The van der Waals surface area contributed by atoms with Gasteiger partial charge in [-0.15, -0.1) is 0 Å². The Morgan fingerprint density at radius 3 is 2.75 bits per heavy atom. The predicted octanol–water partition coefficient (Wildman–Crippen LogP) is 2.43. The molecule has 7 nitrogen and oxygen atoms in total. The Morgan fingerprint density at radius 2 is 1.96 bits per heavy atom. The minimum absolute atomic E-state index is 0.0428. The zero-order valence-electron chi connectivity index (χ0n) is 14.7. The van der Waals surface area contributed by atoms with Crippen LogP contribution in [0.25, 0.3) is 11.0 Å².